The summed E-state index contributed by atoms with van der Waals surface area (Å²) in [4.78, 5) is 21.8. The first-order chi connectivity index (χ1) is 7.11. The van der Waals surface area contributed by atoms with E-state index in [1.165, 1.54) is 18.9 Å². The van der Waals surface area contributed by atoms with Crippen LogP contribution in [-0.4, -0.2) is 43.1 Å². The Kier molecular flexibility index (Phi) is 7.40. The van der Waals surface area contributed by atoms with E-state index < -0.39 is 12.0 Å². The molecule has 0 aliphatic heterocycles. The number of thioether (sulfide) groups is 1. The predicted octanol–water partition coefficient (Wildman–Crippen LogP) is -1.14. The van der Waals surface area contributed by atoms with Crippen LogP contribution in [0.1, 0.15) is 0 Å². The van der Waals surface area contributed by atoms with Crippen molar-refractivity contribution in [2.75, 3.05) is 25.2 Å². The molecule has 0 aromatic rings. The fraction of sp³-hybridized carbons (Fsp3) is 0.625. The Morgan fingerprint density at radius 3 is 2.87 bits per heavy atom. The van der Waals surface area contributed by atoms with Gasteiger partial charge in [-0.15, -0.1) is 11.8 Å². The van der Waals surface area contributed by atoms with Crippen LogP contribution in [0.5, 0.6) is 0 Å². The Hall–Kier alpha value is -1.26. The third kappa shape index (κ3) is 6.76. The van der Waals surface area contributed by atoms with Crippen LogP contribution in [0.15, 0.2) is 0 Å². The lowest BCUT2D eigenvalue weighted by Gasteiger charge is -2.07. The number of esters is 1. The highest BCUT2D eigenvalue weighted by atomic mass is 32.2. The lowest BCUT2D eigenvalue weighted by molar-refractivity contribution is -0.141. The van der Waals surface area contributed by atoms with E-state index in [0.717, 1.165) is 0 Å². The smallest absolute Gasteiger partial charge is 0.323 e. The molecule has 0 aromatic heterocycles. The van der Waals surface area contributed by atoms with Gasteiger partial charge in [0, 0.05) is 5.75 Å². The molecule has 0 rings (SSSR count). The van der Waals surface area contributed by atoms with Crippen molar-refractivity contribution in [1.29, 1.82) is 5.26 Å². The molecule has 0 radical (unpaired) electrons. The van der Waals surface area contributed by atoms with E-state index in [2.05, 4.69) is 10.1 Å². The second-order valence-corrected chi connectivity index (χ2v) is 3.61. The molecule has 0 aliphatic carbocycles. The van der Waals surface area contributed by atoms with Gasteiger partial charge in [0.05, 0.1) is 18.9 Å². The first kappa shape index (κ1) is 13.7. The summed E-state index contributed by atoms with van der Waals surface area (Å²) in [6, 6.07) is 1.07. The summed E-state index contributed by atoms with van der Waals surface area (Å²) in [6.45, 7) is -0.0115. The SMILES string of the molecule is COC(=O)C(N)CSCC(=O)NCC#N. The summed E-state index contributed by atoms with van der Waals surface area (Å²) in [7, 11) is 1.26. The van der Waals surface area contributed by atoms with Gasteiger partial charge in [-0.2, -0.15) is 5.26 Å². The molecule has 0 fully saturated rings. The quantitative estimate of drug-likeness (QED) is 0.442. The molecule has 15 heavy (non-hydrogen) atoms. The minimum absolute atomic E-state index is 0.0115. The largest absolute Gasteiger partial charge is 0.468 e. The van der Waals surface area contributed by atoms with Gasteiger partial charge in [-0.3, -0.25) is 9.59 Å². The van der Waals surface area contributed by atoms with E-state index in [0.29, 0.717) is 5.75 Å². The third-order valence-electron chi connectivity index (χ3n) is 1.40. The van der Waals surface area contributed by atoms with Crippen molar-refractivity contribution in [3.8, 4) is 6.07 Å². The van der Waals surface area contributed by atoms with E-state index in [9.17, 15) is 9.59 Å². The molecule has 0 saturated heterocycles. The van der Waals surface area contributed by atoms with E-state index in [-0.39, 0.29) is 18.2 Å². The summed E-state index contributed by atoms with van der Waals surface area (Å²) in [6.07, 6.45) is 0. The summed E-state index contributed by atoms with van der Waals surface area (Å²) in [5, 5.41) is 10.6. The summed E-state index contributed by atoms with van der Waals surface area (Å²) < 4.78 is 4.41. The minimum Gasteiger partial charge on any atom is -0.468 e. The molecule has 3 N–H and O–H groups in total. The van der Waals surface area contributed by atoms with Crippen molar-refractivity contribution in [1.82, 2.24) is 5.32 Å². The normalized spacial score (nSPS) is 11.3. The number of amides is 1. The van der Waals surface area contributed by atoms with E-state index in [1.807, 2.05) is 0 Å². The molecular weight excluding hydrogens is 218 g/mol. The van der Waals surface area contributed by atoms with Crippen molar-refractivity contribution in [2.24, 2.45) is 5.73 Å². The summed E-state index contributed by atoms with van der Waals surface area (Å²) >= 11 is 1.22. The Balaban J connectivity index is 3.57. The highest BCUT2D eigenvalue weighted by Gasteiger charge is 2.13. The number of carbonyl (C=O) groups is 2. The van der Waals surface area contributed by atoms with Crippen LogP contribution in [0.25, 0.3) is 0 Å². The Labute approximate surface area is 92.1 Å². The molecule has 0 spiro atoms. The first-order valence-corrected chi connectivity index (χ1v) is 5.32. The van der Waals surface area contributed by atoms with Crippen LogP contribution >= 0.6 is 11.8 Å². The van der Waals surface area contributed by atoms with Crippen LogP contribution < -0.4 is 11.1 Å². The lowest BCUT2D eigenvalue weighted by atomic mass is 10.4. The van der Waals surface area contributed by atoms with Gasteiger partial charge in [-0.05, 0) is 0 Å². The number of nitrogens with one attached hydrogen (secondary N) is 1. The third-order valence-corrected chi connectivity index (χ3v) is 2.46. The van der Waals surface area contributed by atoms with Crippen LogP contribution in [0.4, 0.5) is 0 Å². The monoisotopic (exact) mass is 231 g/mol. The molecule has 1 unspecified atom stereocenters. The number of nitriles is 1. The molecule has 1 atom stereocenters. The highest BCUT2D eigenvalue weighted by Crippen LogP contribution is 2.02. The average molecular weight is 231 g/mol. The van der Waals surface area contributed by atoms with Crippen molar-refractivity contribution < 1.29 is 14.3 Å². The van der Waals surface area contributed by atoms with Gasteiger partial charge < -0.3 is 15.8 Å². The van der Waals surface area contributed by atoms with Crippen LogP contribution in [0, 0.1) is 11.3 Å². The van der Waals surface area contributed by atoms with Crippen molar-refractivity contribution in [3.05, 3.63) is 0 Å². The Bertz CT molecular complexity index is 264. The number of methoxy groups -OCH3 is 1. The number of nitrogens with zero attached hydrogens (tertiary/aromatic N) is 1. The van der Waals surface area contributed by atoms with Crippen molar-refractivity contribution in [3.63, 3.8) is 0 Å². The summed E-state index contributed by atoms with van der Waals surface area (Å²) in [5.74, 6) is -0.266. The molecule has 1 amide bonds. The fourth-order valence-electron chi connectivity index (χ4n) is 0.687. The van der Waals surface area contributed by atoms with E-state index in [4.69, 9.17) is 11.0 Å². The molecule has 0 aliphatic rings. The zero-order valence-electron chi connectivity index (χ0n) is 8.36. The molecule has 0 saturated carbocycles. The molecular formula is C8H13N3O3S. The zero-order chi connectivity index (χ0) is 11.7. The van der Waals surface area contributed by atoms with Gasteiger partial charge in [0.15, 0.2) is 0 Å². The van der Waals surface area contributed by atoms with E-state index in [1.54, 1.807) is 6.07 Å². The first-order valence-electron chi connectivity index (χ1n) is 4.16. The number of rotatable bonds is 6. The average Bonchev–Trinajstić information content (AvgIpc) is 2.24. The molecule has 0 aromatic carbocycles. The number of hydrogen-bond acceptors (Lipinski definition) is 6. The topological polar surface area (TPSA) is 105 Å². The number of nitrogens with two attached hydrogens (primary N) is 1. The van der Waals surface area contributed by atoms with Gasteiger partial charge in [0.1, 0.15) is 12.6 Å². The van der Waals surface area contributed by atoms with Crippen LogP contribution in [0.3, 0.4) is 0 Å². The Morgan fingerprint density at radius 2 is 2.33 bits per heavy atom. The number of carbonyl (C=O) groups excluding carboxylic acids is 2. The van der Waals surface area contributed by atoms with Gasteiger partial charge in [0.25, 0.3) is 0 Å². The van der Waals surface area contributed by atoms with Gasteiger partial charge >= 0.3 is 5.97 Å². The van der Waals surface area contributed by atoms with Gasteiger partial charge in [-0.25, -0.2) is 0 Å². The van der Waals surface area contributed by atoms with Gasteiger partial charge in [0.2, 0.25) is 5.91 Å². The molecule has 0 bridgehead atoms. The van der Waals surface area contributed by atoms with Crippen molar-refractivity contribution in [2.45, 2.75) is 6.04 Å². The van der Waals surface area contributed by atoms with E-state index >= 15 is 0 Å². The summed E-state index contributed by atoms with van der Waals surface area (Å²) in [5.41, 5.74) is 5.43. The minimum atomic E-state index is -0.719. The zero-order valence-corrected chi connectivity index (χ0v) is 9.17. The predicted molar refractivity (Wildman–Crippen MR) is 55.9 cm³/mol. The van der Waals surface area contributed by atoms with Crippen molar-refractivity contribution >= 4 is 23.6 Å². The molecule has 84 valence electrons. The Morgan fingerprint density at radius 1 is 1.67 bits per heavy atom. The standard InChI is InChI=1S/C8H13N3O3S/c1-14-8(13)6(10)4-15-5-7(12)11-3-2-9/h6H,3-5,10H2,1H3,(H,11,12). The highest BCUT2D eigenvalue weighted by molar-refractivity contribution is 8.00. The molecule has 6 nitrogen and oxygen atoms in total. The van der Waals surface area contributed by atoms with Crippen LogP contribution in [0.2, 0.25) is 0 Å². The number of hydrogen-bond donors (Lipinski definition) is 2. The maximum Gasteiger partial charge on any atom is 0.323 e. The maximum atomic E-state index is 11.0. The molecule has 7 heteroatoms. The second kappa shape index (κ2) is 8.08. The second-order valence-electron chi connectivity index (χ2n) is 2.58. The van der Waals surface area contributed by atoms with Crippen LogP contribution in [-0.2, 0) is 14.3 Å². The van der Waals surface area contributed by atoms with Gasteiger partial charge in [-0.1, -0.05) is 0 Å². The lowest BCUT2D eigenvalue weighted by Crippen LogP contribution is -2.34. The maximum absolute atomic E-state index is 11.0. The number of ether oxygens (including phenoxy) is 1. The molecule has 0 heterocycles. The fourth-order valence-corrected chi connectivity index (χ4v) is 1.48.